The first kappa shape index (κ1) is 14.5. The second-order valence-corrected chi connectivity index (χ2v) is 4.94. The number of halogens is 2. The molecule has 0 aliphatic heterocycles. The van der Waals surface area contributed by atoms with Gasteiger partial charge in [-0.3, -0.25) is 4.79 Å². The Morgan fingerprint density at radius 3 is 2.76 bits per heavy atom. The molecule has 0 amide bonds. The van der Waals surface area contributed by atoms with Crippen molar-refractivity contribution in [2.75, 3.05) is 7.11 Å². The highest BCUT2D eigenvalue weighted by atomic mass is 79.9. The van der Waals surface area contributed by atoms with Crippen LogP contribution in [0.4, 0.5) is 0 Å². The topological polar surface area (TPSA) is 46.5 Å². The molecule has 0 saturated heterocycles. The van der Waals surface area contributed by atoms with E-state index in [1.807, 2.05) is 6.92 Å². The highest BCUT2D eigenvalue weighted by Crippen LogP contribution is 2.32. The molecule has 2 atom stereocenters. The zero-order chi connectivity index (χ0) is 13.0. The van der Waals surface area contributed by atoms with Crippen LogP contribution < -0.4 is 0 Å². The smallest absolute Gasteiger partial charge is 0.311 e. The fourth-order valence-electron chi connectivity index (χ4n) is 1.63. The summed E-state index contributed by atoms with van der Waals surface area (Å²) in [6.07, 6.45) is -0.437. The molecule has 2 unspecified atom stereocenters. The third-order valence-electron chi connectivity index (χ3n) is 2.60. The van der Waals surface area contributed by atoms with Gasteiger partial charge in [0.05, 0.1) is 19.1 Å². The van der Waals surface area contributed by atoms with E-state index in [9.17, 15) is 9.90 Å². The fourth-order valence-corrected chi connectivity index (χ4v) is 2.29. The molecule has 1 aromatic carbocycles. The molecule has 0 fully saturated rings. The molecule has 0 bridgehead atoms. The molecule has 1 aromatic rings. The minimum atomic E-state index is -0.930. The third kappa shape index (κ3) is 3.44. The van der Waals surface area contributed by atoms with E-state index in [1.54, 1.807) is 18.2 Å². The first-order chi connectivity index (χ1) is 8.01. The van der Waals surface area contributed by atoms with Gasteiger partial charge in [-0.1, -0.05) is 34.5 Å². The molecule has 0 heterocycles. The summed E-state index contributed by atoms with van der Waals surface area (Å²) in [4.78, 5) is 11.5. The van der Waals surface area contributed by atoms with Crippen molar-refractivity contribution in [3.8, 4) is 0 Å². The largest absolute Gasteiger partial charge is 0.469 e. The Kier molecular flexibility index (Phi) is 5.43. The molecule has 17 heavy (non-hydrogen) atoms. The molecule has 94 valence electrons. The Bertz CT molecular complexity index is 409. The number of esters is 1. The van der Waals surface area contributed by atoms with E-state index < -0.39 is 18.0 Å². The van der Waals surface area contributed by atoms with E-state index in [2.05, 4.69) is 20.7 Å². The molecule has 0 saturated carbocycles. The van der Waals surface area contributed by atoms with Gasteiger partial charge in [0.15, 0.2) is 0 Å². The molecule has 0 aliphatic rings. The van der Waals surface area contributed by atoms with Crippen LogP contribution in [0.15, 0.2) is 22.7 Å². The SMILES string of the molecule is CCC(C(=O)OC)C(O)c1cc(Cl)ccc1Br. The zero-order valence-electron chi connectivity index (χ0n) is 9.61. The van der Waals surface area contributed by atoms with Crippen LogP contribution in [0.5, 0.6) is 0 Å². The summed E-state index contributed by atoms with van der Waals surface area (Å²) in [6.45, 7) is 1.82. The number of aliphatic hydroxyl groups excluding tert-OH is 1. The highest BCUT2D eigenvalue weighted by molar-refractivity contribution is 9.10. The van der Waals surface area contributed by atoms with E-state index >= 15 is 0 Å². The van der Waals surface area contributed by atoms with Gasteiger partial charge in [0.25, 0.3) is 0 Å². The van der Waals surface area contributed by atoms with Gasteiger partial charge in [0.2, 0.25) is 0 Å². The second kappa shape index (κ2) is 6.38. The van der Waals surface area contributed by atoms with Gasteiger partial charge in [-0.05, 0) is 30.2 Å². The van der Waals surface area contributed by atoms with Crippen molar-refractivity contribution < 1.29 is 14.6 Å². The van der Waals surface area contributed by atoms with Crippen molar-refractivity contribution in [2.45, 2.75) is 19.4 Å². The lowest BCUT2D eigenvalue weighted by atomic mass is 9.93. The summed E-state index contributed by atoms with van der Waals surface area (Å²) >= 11 is 9.20. The highest BCUT2D eigenvalue weighted by Gasteiger charge is 2.28. The zero-order valence-corrected chi connectivity index (χ0v) is 12.0. The van der Waals surface area contributed by atoms with E-state index in [0.29, 0.717) is 17.0 Å². The van der Waals surface area contributed by atoms with Gasteiger partial charge >= 0.3 is 5.97 Å². The summed E-state index contributed by atoms with van der Waals surface area (Å²) in [7, 11) is 1.31. The average molecular weight is 322 g/mol. The van der Waals surface area contributed by atoms with Gasteiger partial charge < -0.3 is 9.84 Å². The van der Waals surface area contributed by atoms with Crippen LogP contribution in [0.25, 0.3) is 0 Å². The lowest BCUT2D eigenvalue weighted by molar-refractivity contribution is -0.149. The minimum Gasteiger partial charge on any atom is -0.469 e. The second-order valence-electron chi connectivity index (χ2n) is 3.65. The van der Waals surface area contributed by atoms with Crippen LogP contribution in [0, 0.1) is 5.92 Å². The lowest BCUT2D eigenvalue weighted by Crippen LogP contribution is -2.23. The van der Waals surface area contributed by atoms with Crippen molar-refractivity contribution in [1.82, 2.24) is 0 Å². The van der Waals surface area contributed by atoms with Crippen molar-refractivity contribution in [2.24, 2.45) is 5.92 Å². The molecular weight excluding hydrogens is 307 g/mol. The molecule has 0 spiro atoms. The predicted octanol–water partition coefficient (Wildman–Crippen LogP) is 3.34. The van der Waals surface area contributed by atoms with Crippen molar-refractivity contribution in [3.63, 3.8) is 0 Å². The number of ether oxygens (including phenoxy) is 1. The lowest BCUT2D eigenvalue weighted by Gasteiger charge is -2.20. The maximum Gasteiger partial charge on any atom is 0.311 e. The maximum atomic E-state index is 11.5. The molecule has 1 rings (SSSR count). The summed E-state index contributed by atoms with van der Waals surface area (Å²) in [5.74, 6) is -1.01. The van der Waals surface area contributed by atoms with Crippen LogP contribution >= 0.6 is 27.5 Å². The monoisotopic (exact) mass is 320 g/mol. The first-order valence-corrected chi connectivity index (χ1v) is 6.39. The van der Waals surface area contributed by atoms with Crippen LogP contribution in [-0.4, -0.2) is 18.2 Å². The van der Waals surface area contributed by atoms with E-state index in [-0.39, 0.29) is 0 Å². The van der Waals surface area contributed by atoms with Gasteiger partial charge in [-0.15, -0.1) is 0 Å². The number of methoxy groups -OCH3 is 1. The number of rotatable bonds is 4. The Labute approximate surface area is 114 Å². The van der Waals surface area contributed by atoms with Gasteiger partial charge in [-0.2, -0.15) is 0 Å². The quantitative estimate of drug-likeness (QED) is 0.865. The van der Waals surface area contributed by atoms with E-state index in [0.717, 1.165) is 4.47 Å². The third-order valence-corrected chi connectivity index (χ3v) is 3.56. The normalized spacial score (nSPS) is 14.2. The molecule has 1 N–H and O–H groups in total. The number of hydrogen-bond acceptors (Lipinski definition) is 3. The first-order valence-electron chi connectivity index (χ1n) is 5.22. The van der Waals surface area contributed by atoms with Crippen molar-refractivity contribution in [1.29, 1.82) is 0 Å². The summed E-state index contributed by atoms with van der Waals surface area (Å²) in [5, 5.41) is 10.7. The van der Waals surface area contributed by atoms with Crippen LogP contribution in [0.1, 0.15) is 25.0 Å². The van der Waals surface area contributed by atoms with Crippen molar-refractivity contribution >= 4 is 33.5 Å². The summed E-state index contributed by atoms with van der Waals surface area (Å²) in [5.41, 5.74) is 0.592. The average Bonchev–Trinajstić information content (AvgIpc) is 2.32. The number of aliphatic hydroxyl groups is 1. The van der Waals surface area contributed by atoms with Crippen LogP contribution in [0.2, 0.25) is 5.02 Å². The number of carbonyl (C=O) groups is 1. The number of benzene rings is 1. The Morgan fingerprint density at radius 1 is 1.59 bits per heavy atom. The minimum absolute atomic E-state index is 0.424. The predicted molar refractivity (Wildman–Crippen MR) is 69.9 cm³/mol. The van der Waals surface area contributed by atoms with E-state index in [4.69, 9.17) is 11.6 Å². The Morgan fingerprint density at radius 2 is 2.24 bits per heavy atom. The summed E-state index contributed by atoms with van der Waals surface area (Å²) in [6, 6.07) is 5.09. The van der Waals surface area contributed by atoms with Gasteiger partial charge in [0, 0.05) is 9.50 Å². The number of hydrogen-bond donors (Lipinski definition) is 1. The Balaban J connectivity index is 3.05. The molecule has 0 aromatic heterocycles. The molecule has 0 radical (unpaired) electrons. The van der Waals surface area contributed by atoms with Crippen molar-refractivity contribution in [3.05, 3.63) is 33.3 Å². The molecule has 0 aliphatic carbocycles. The van der Waals surface area contributed by atoms with E-state index in [1.165, 1.54) is 7.11 Å². The summed E-state index contributed by atoms with van der Waals surface area (Å²) < 4.78 is 5.39. The standard InChI is InChI=1S/C12H14BrClO3/c1-3-8(12(16)17-2)11(15)9-6-7(14)4-5-10(9)13/h4-6,8,11,15H,3H2,1-2H3. The number of carbonyl (C=O) groups excluding carboxylic acids is 1. The van der Waals surface area contributed by atoms with Gasteiger partial charge in [0.1, 0.15) is 0 Å². The Hall–Kier alpha value is -0.580. The fraction of sp³-hybridized carbons (Fsp3) is 0.417. The van der Waals surface area contributed by atoms with Crippen LogP contribution in [0.3, 0.4) is 0 Å². The maximum absolute atomic E-state index is 11.5. The molecule has 3 nitrogen and oxygen atoms in total. The molecular formula is C12H14BrClO3. The molecule has 5 heteroatoms. The van der Waals surface area contributed by atoms with Gasteiger partial charge in [-0.25, -0.2) is 0 Å². The van der Waals surface area contributed by atoms with Crippen LogP contribution in [-0.2, 0) is 9.53 Å².